The zero-order valence-electron chi connectivity index (χ0n) is 17.8. The first-order valence-corrected chi connectivity index (χ1v) is 10.5. The fourth-order valence-corrected chi connectivity index (χ4v) is 3.20. The molecular weight excluding hydrogens is 378 g/mol. The first-order chi connectivity index (χ1) is 14.7. The summed E-state index contributed by atoms with van der Waals surface area (Å²) in [4.78, 5) is 30.9. The van der Waals surface area contributed by atoms with Gasteiger partial charge in [-0.15, -0.1) is 0 Å². The summed E-state index contributed by atoms with van der Waals surface area (Å²) in [5.41, 5.74) is 4.13. The number of carbonyl (C=O) groups is 2. The van der Waals surface area contributed by atoms with E-state index in [4.69, 9.17) is 0 Å². The molecule has 160 valence electrons. The number of nitrogens with zero attached hydrogens (tertiary/aromatic N) is 3. The molecule has 1 heterocycles. The molecule has 0 saturated heterocycles. The zero-order valence-corrected chi connectivity index (χ0v) is 17.8. The number of hydrazone groups is 1. The van der Waals surface area contributed by atoms with Gasteiger partial charge >= 0.3 is 0 Å². The van der Waals surface area contributed by atoms with Gasteiger partial charge in [-0.1, -0.05) is 38.1 Å². The lowest BCUT2D eigenvalue weighted by atomic mass is 10.1. The van der Waals surface area contributed by atoms with Crippen molar-refractivity contribution in [2.75, 3.05) is 19.6 Å². The Morgan fingerprint density at radius 2 is 1.87 bits per heavy atom. The van der Waals surface area contributed by atoms with Crippen LogP contribution >= 0.6 is 0 Å². The molecule has 1 atom stereocenters. The summed E-state index contributed by atoms with van der Waals surface area (Å²) < 4.78 is 0. The van der Waals surface area contributed by atoms with Gasteiger partial charge in [-0.3, -0.25) is 19.5 Å². The maximum atomic E-state index is 12.7. The summed E-state index contributed by atoms with van der Waals surface area (Å²) in [5, 5.41) is 7.00. The SMILES string of the molecule is CCN(CC)C(CCCCNC(=O)c1ccccc1)C(=O)N/N=C/c1cccnc1. The number of hydrogen-bond donors (Lipinski definition) is 2. The van der Waals surface area contributed by atoms with Crippen LogP contribution in [0.15, 0.2) is 60.0 Å². The molecule has 0 aliphatic heterocycles. The third-order valence-electron chi connectivity index (χ3n) is 4.85. The second-order valence-corrected chi connectivity index (χ2v) is 6.88. The van der Waals surface area contributed by atoms with E-state index < -0.39 is 0 Å². The molecule has 0 aliphatic rings. The van der Waals surface area contributed by atoms with Crippen molar-refractivity contribution in [1.29, 1.82) is 0 Å². The maximum Gasteiger partial charge on any atom is 0.257 e. The van der Waals surface area contributed by atoms with E-state index in [1.54, 1.807) is 30.7 Å². The summed E-state index contributed by atoms with van der Waals surface area (Å²) in [6.45, 7) is 6.24. The van der Waals surface area contributed by atoms with Crippen molar-refractivity contribution >= 4 is 18.0 Å². The minimum absolute atomic E-state index is 0.0709. The molecule has 0 aliphatic carbocycles. The molecule has 2 N–H and O–H groups in total. The largest absolute Gasteiger partial charge is 0.352 e. The fourth-order valence-electron chi connectivity index (χ4n) is 3.20. The maximum absolute atomic E-state index is 12.7. The Bertz CT molecular complexity index is 792. The molecule has 1 unspecified atom stereocenters. The third kappa shape index (κ3) is 7.75. The van der Waals surface area contributed by atoms with Crippen LogP contribution < -0.4 is 10.7 Å². The second-order valence-electron chi connectivity index (χ2n) is 6.88. The van der Waals surface area contributed by atoms with Crippen molar-refractivity contribution in [3.63, 3.8) is 0 Å². The molecular formula is C23H31N5O2. The van der Waals surface area contributed by atoms with Crippen molar-refractivity contribution < 1.29 is 9.59 Å². The van der Waals surface area contributed by atoms with Crippen LogP contribution in [0, 0.1) is 0 Å². The number of pyridine rings is 1. The van der Waals surface area contributed by atoms with Crippen molar-refractivity contribution in [1.82, 2.24) is 20.6 Å². The summed E-state index contributed by atoms with van der Waals surface area (Å²) in [6.07, 6.45) is 7.30. The molecule has 7 nitrogen and oxygen atoms in total. The summed E-state index contributed by atoms with van der Waals surface area (Å²) in [5.74, 6) is -0.189. The van der Waals surface area contributed by atoms with Crippen LogP contribution in [-0.2, 0) is 4.79 Å². The lowest BCUT2D eigenvalue weighted by Gasteiger charge is -2.28. The summed E-state index contributed by atoms with van der Waals surface area (Å²) >= 11 is 0. The van der Waals surface area contributed by atoms with Crippen molar-refractivity contribution in [3.8, 4) is 0 Å². The van der Waals surface area contributed by atoms with Gasteiger partial charge in [0.15, 0.2) is 0 Å². The number of likely N-dealkylation sites (N-methyl/N-ethyl adjacent to an activating group) is 1. The van der Waals surface area contributed by atoms with Crippen molar-refractivity contribution in [2.24, 2.45) is 5.10 Å². The predicted molar refractivity (Wildman–Crippen MR) is 119 cm³/mol. The van der Waals surface area contributed by atoms with Crippen LogP contribution in [0.3, 0.4) is 0 Å². The van der Waals surface area contributed by atoms with E-state index in [9.17, 15) is 9.59 Å². The van der Waals surface area contributed by atoms with E-state index in [1.165, 1.54) is 0 Å². The first kappa shape index (κ1) is 23.2. The minimum Gasteiger partial charge on any atom is -0.352 e. The number of hydrogen-bond acceptors (Lipinski definition) is 5. The molecule has 0 spiro atoms. The average molecular weight is 410 g/mol. The van der Waals surface area contributed by atoms with Gasteiger partial charge in [0.1, 0.15) is 0 Å². The molecule has 0 bridgehead atoms. The Morgan fingerprint density at radius 1 is 1.10 bits per heavy atom. The van der Waals surface area contributed by atoms with Gasteiger partial charge in [-0.2, -0.15) is 5.10 Å². The van der Waals surface area contributed by atoms with Gasteiger partial charge in [0.05, 0.1) is 12.3 Å². The van der Waals surface area contributed by atoms with E-state index in [0.29, 0.717) is 18.5 Å². The van der Waals surface area contributed by atoms with E-state index in [2.05, 4.69) is 25.7 Å². The highest BCUT2D eigenvalue weighted by Gasteiger charge is 2.23. The van der Waals surface area contributed by atoms with Crippen molar-refractivity contribution in [3.05, 3.63) is 66.0 Å². The lowest BCUT2D eigenvalue weighted by molar-refractivity contribution is -0.126. The number of nitrogens with one attached hydrogen (secondary N) is 2. The lowest BCUT2D eigenvalue weighted by Crippen LogP contribution is -2.45. The molecule has 1 aromatic heterocycles. The predicted octanol–water partition coefficient (Wildman–Crippen LogP) is 2.84. The Kier molecular flexibility index (Phi) is 10.2. The average Bonchev–Trinajstić information content (AvgIpc) is 2.79. The van der Waals surface area contributed by atoms with Gasteiger partial charge in [-0.25, -0.2) is 5.43 Å². The van der Waals surface area contributed by atoms with Gasteiger partial charge < -0.3 is 5.32 Å². The molecule has 7 heteroatoms. The molecule has 0 radical (unpaired) electrons. The van der Waals surface area contributed by atoms with Crippen LogP contribution in [0.4, 0.5) is 0 Å². The molecule has 30 heavy (non-hydrogen) atoms. The zero-order chi connectivity index (χ0) is 21.6. The normalized spacial score (nSPS) is 12.1. The third-order valence-corrected chi connectivity index (χ3v) is 4.85. The second kappa shape index (κ2) is 13.2. The van der Waals surface area contributed by atoms with Gasteiger partial charge in [0.2, 0.25) is 0 Å². The molecule has 2 aromatic rings. The number of aromatic nitrogens is 1. The van der Waals surface area contributed by atoms with Crippen LogP contribution in [0.5, 0.6) is 0 Å². The Balaban J connectivity index is 1.80. The molecule has 2 amide bonds. The summed E-state index contributed by atoms with van der Waals surface area (Å²) in [7, 11) is 0. The number of amides is 2. The van der Waals surface area contributed by atoms with E-state index in [-0.39, 0.29) is 17.9 Å². The Hall–Kier alpha value is -3.06. The highest BCUT2D eigenvalue weighted by Crippen LogP contribution is 2.09. The highest BCUT2D eigenvalue weighted by molar-refractivity contribution is 5.94. The Morgan fingerprint density at radius 3 is 2.53 bits per heavy atom. The van der Waals surface area contributed by atoms with Crippen LogP contribution in [0.1, 0.15) is 49.0 Å². The quantitative estimate of drug-likeness (QED) is 0.321. The number of unbranched alkanes of at least 4 members (excludes halogenated alkanes) is 1. The number of rotatable bonds is 12. The first-order valence-electron chi connectivity index (χ1n) is 10.5. The number of benzene rings is 1. The van der Waals surface area contributed by atoms with Gasteiger partial charge in [0, 0.05) is 30.1 Å². The topological polar surface area (TPSA) is 86.7 Å². The standard InChI is InChI=1S/C23H31N5O2/c1-3-28(4-2)21(23(30)27-26-18-19-11-10-15-24-17-19)14-8-9-16-25-22(29)20-12-6-5-7-13-20/h5-7,10-13,15,17-18,21H,3-4,8-9,14,16H2,1-2H3,(H,25,29)(H,27,30)/b26-18+. The van der Waals surface area contributed by atoms with Crippen molar-refractivity contribution in [2.45, 2.75) is 39.2 Å². The van der Waals surface area contributed by atoms with Gasteiger partial charge in [0.25, 0.3) is 11.8 Å². The highest BCUT2D eigenvalue weighted by atomic mass is 16.2. The summed E-state index contributed by atoms with van der Waals surface area (Å²) in [6, 6.07) is 12.6. The van der Waals surface area contributed by atoms with Gasteiger partial charge in [-0.05, 0) is 50.6 Å². The fraction of sp³-hybridized carbons (Fsp3) is 0.391. The minimum atomic E-state index is -0.254. The number of carbonyl (C=O) groups excluding carboxylic acids is 2. The molecule has 2 rings (SSSR count). The smallest absolute Gasteiger partial charge is 0.257 e. The van der Waals surface area contributed by atoms with Crippen LogP contribution in [0.2, 0.25) is 0 Å². The van der Waals surface area contributed by atoms with E-state index in [0.717, 1.165) is 31.5 Å². The van der Waals surface area contributed by atoms with Crippen LogP contribution in [-0.4, -0.2) is 53.6 Å². The molecule has 0 saturated carbocycles. The molecule has 0 fully saturated rings. The van der Waals surface area contributed by atoms with E-state index in [1.807, 2.05) is 44.2 Å². The monoisotopic (exact) mass is 409 g/mol. The Labute approximate surface area is 178 Å². The van der Waals surface area contributed by atoms with E-state index >= 15 is 0 Å². The molecule has 1 aromatic carbocycles. The van der Waals surface area contributed by atoms with Crippen LogP contribution in [0.25, 0.3) is 0 Å².